The first-order valence-electron chi connectivity index (χ1n) is 4.45. The summed E-state index contributed by atoms with van der Waals surface area (Å²) >= 11 is 3.55. The van der Waals surface area contributed by atoms with Gasteiger partial charge >= 0.3 is 0 Å². The topological polar surface area (TPSA) is 69.2 Å². The van der Waals surface area contributed by atoms with Gasteiger partial charge in [0.1, 0.15) is 0 Å². The third-order valence-electron chi connectivity index (χ3n) is 2.13. The van der Waals surface area contributed by atoms with Crippen molar-refractivity contribution < 1.29 is 4.92 Å². The molecule has 14 heavy (non-hydrogen) atoms. The summed E-state index contributed by atoms with van der Waals surface area (Å²) in [7, 11) is 0. The van der Waals surface area contributed by atoms with E-state index in [4.69, 9.17) is 5.73 Å². The quantitative estimate of drug-likeness (QED) is 0.547. The third-order valence-corrected chi connectivity index (χ3v) is 5.51. The molecule has 0 aromatic carbocycles. The van der Waals surface area contributed by atoms with Crippen LogP contribution < -0.4 is 5.73 Å². The number of hydrogen-bond acceptors (Lipinski definition) is 5. The first kappa shape index (κ1) is 12.1. The van der Waals surface area contributed by atoms with E-state index in [1.807, 2.05) is 11.8 Å². The van der Waals surface area contributed by atoms with Gasteiger partial charge in [-0.25, -0.2) is 0 Å². The zero-order valence-corrected chi connectivity index (χ0v) is 10.1. The van der Waals surface area contributed by atoms with E-state index < -0.39 is 5.54 Å². The van der Waals surface area contributed by atoms with Crippen LogP contribution in [0.25, 0.3) is 0 Å². The van der Waals surface area contributed by atoms with Crippen molar-refractivity contribution in [3.8, 4) is 0 Å². The first-order chi connectivity index (χ1) is 6.36. The van der Waals surface area contributed by atoms with E-state index in [0.717, 1.165) is 11.5 Å². The van der Waals surface area contributed by atoms with Crippen molar-refractivity contribution >= 4 is 23.5 Å². The summed E-state index contributed by atoms with van der Waals surface area (Å²) in [5, 5.41) is 10.1. The standard InChI is InChI=1S/C4H7NO2S.C4H9NS/c1-4(5(6)7)2-8-3-4;1-4(5)2-6-3-4/h2-3H2,1H3;2-3,5H2,1H3. The molecule has 4 nitrogen and oxygen atoms in total. The van der Waals surface area contributed by atoms with Gasteiger partial charge in [0.2, 0.25) is 5.54 Å². The SMILES string of the molecule is CC1(N)CSC1.CC1([N+](=O)[O-])CSC1. The van der Waals surface area contributed by atoms with Crippen LogP contribution in [-0.4, -0.2) is 39.0 Å². The lowest BCUT2D eigenvalue weighted by molar-refractivity contribution is -0.555. The van der Waals surface area contributed by atoms with Crippen molar-refractivity contribution in [2.75, 3.05) is 23.0 Å². The van der Waals surface area contributed by atoms with Crippen molar-refractivity contribution in [1.29, 1.82) is 0 Å². The van der Waals surface area contributed by atoms with Crippen LogP contribution in [0.3, 0.4) is 0 Å². The molecule has 0 aromatic heterocycles. The molecule has 2 N–H and O–H groups in total. The number of nitro groups is 1. The van der Waals surface area contributed by atoms with Crippen LogP contribution in [0, 0.1) is 10.1 Å². The Labute approximate surface area is 92.5 Å². The van der Waals surface area contributed by atoms with Crippen LogP contribution in [-0.2, 0) is 0 Å². The van der Waals surface area contributed by atoms with E-state index in [2.05, 4.69) is 6.92 Å². The van der Waals surface area contributed by atoms with Gasteiger partial charge in [0, 0.05) is 28.9 Å². The molecule has 2 rings (SSSR count). The molecule has 2 heterocycles. The van der Waals surface area contributed by atoms with Gasteiger partial charge in [0.25, 0.3) is 0 Å². The van der Waals surface area contributed by atoms with Crippen molar-refractivity contribution in [1.82, 2.24) is 0 Å². The molecule has 0 radical (unpaired) electrons. The maximum atomic E-state index is 10.1. The highest BCUT2D eigenvalue weighted by molar-refractivity contribution is 8.01. The molecule has 0 saturated carbocycles. The van der Waals surface area contributed by atoms with Crippen molar-refractivity contribution in [3.63, 3.8) is 0 Å². The van der Waals surface area contributed by atoms with Gasteiger partial charge in [-0.3, -0.25) is 10.1 Å². The fourth-order valence-electron chi connectivity index (χ4n) is 0.927. The summed E-state index contributed by atoms with van der Waals surface area (Å²) in [6.07, 6.45) is 0. The average molecular weight is 236 g/mol. The summed E-state index contributed by atoms with van der Waals surface area (Å²) in [4.78, 5) is 9.90. The Morgan fingerprint density at radius 3 is 1.57 bits per heavy atom. The Bertz CT molecular complexity index is 223. The zero-order chi connectivity index (χ0) is 10.8. The number of hydrogen-bond donors (Lipinski definition) is 1. The summed E-state index contributed by atoms with van der Waals surface area (Å²) < 4.78 is 0. The lowest BCUT2D eigenvalue weighted by Gasteiger charge is -2.32. The molecule has 2 saturated heterocycles. The number of thioether (sulfide) groups is 2. The molecule has 0 spiro atoms. The van der Waals surface area contributed by atoms with Gasteiger partial charge in [0.15, 0.2) is 0 Å². The van der Waals surface area contributed by atoms with E-state index in [0.29, 0.717) is 11.5 Å². The van der Waals surface area contributed by atoms with Crippen LogP contribution in [0.1, 0.15) is 13.8 Å². The second kappa shape index (κ2) is 4.28. The van der Waals surface area contributed by atoms with Crippen molar-refractivity contribution in [2.45, 2.75) is 24.9 Å². The molecular formula is C8H16N2O2S2. The highest BCUT2D eigenvalue weighted by Gasteiger charge is 2.44. The van der Waals surface area contributed by atoms with Crippen LogP contribution in [0.4, 0.5) is 0 Å². The Balaban J connectivity index is 0.000000146. The van der Waals surface area contributed by atoms with Gasteiger partial charge in [-0.2, -0.15) is 11.8 Å². The van der Waals surface area contributed by atoms with E-state index >= 15 is 0 Å². The minimum Gasteiger partial charge on any atom is -0.324 e. The van der Waals surface area contributed by atoms with Crippen molar-refractivity contribution in [2.24, 2.45) is 5.73 Å². The minimum absolute atomic E-state index is 0.185. The van der Waals surface area contributed by atoms with Gasteiger partial charge < -0.3 is 5.73 Å². The largest absolute Gasteiger partial charge is 0.324 e. The van der Waals surface area contributed by atoms with Crippen LogP contribution in [0.2, 0.25) is 0 Å². The summed E-state index contributed by atoms with van der Waals surface area (Å²) in [5.74, 6) is 3.65. The Morgan fingerprint density at radius 2 is 1.57 bits per heavy atom. The molecule has 2 aliphatic rings. The molecule has 0 bridgehead atoms. The lowest BCUT2D eigenvalue weighted by atomic mass is 10.1. The zero-order valence-electron chi connectivity index (χ0n) is 8.49. The van der Waals surface area contributed by atoms with Gasteiger partial charge in [-0.05, 0) is 6.92 Å². The smallest absolute Gasteiger partial charge is 0.237 e. The lowest BCUT2D eigenvalue weighted by Crippen LogP contribution is -2.48. The van der Waals surface area contributed by atoms with Gasteiger partial charge in [-0.15, -0.1) is 11.8 Å². The number of rotatable bonds is 1. The van der Waals surface area contributed by atoms with E-state index in [9.17, 15) is 10.1 Å². The minimum atomic E-state index is -0.593. The van der Waals surface area contributed by atoms with Crippen LogP contribution >= 0.6 is 23.5 Å². The van der Waals surface area contributed by atoms with Gasteiger partial charge in [-0.1, -0.05) is 0 Å². The summed E-state index contributed by atoms with van der Waals surface area (Å²) in [6, 6.07) is 0. The van der Waals surface area contributed by atoms with Gasteiger partial charge in [0.05, 0.1) is 11.5 Å². The molecule has 0 amide bonds. The Kier molecular flexibility index (Phi) is 3.71. The number of nitrogens with zero attached hydrogens (tertiary/aromatic N) is 1. The predicted molar refractivity (Wildman–Crippen MR) is 62.6 cm³/mol. The molecular weight excluding hydrogens is 220 g/mol. The molecule has 0 atom stereocenters. The van der Waals surface area contributed by atoms with E-state index in [-0.39, 0.29) is 10.5 Å². The van der Waals surface area contributed by atoms with Crippen LogP contribution in [0.15, 0.2) is 0 Å². The molecule has 6 heteroatoms. The first-order valence-corrected chi connectivity index (χ1v) is 6.76. The predicted octanol–water partition coefficient (Wildman–Crippen LogP) is 1.22. The maximum Gasteiger partial charge on any atom is 0.237 e. The molecule has 0 aliphatic carbocycles. The molecule has 0 aromatic rings. The Hall–Kier alpha value is 0.0600. The van der Waals surface area contributed by atoms with Crippen LogP contribution in [0.5, 0.6) is 0 Å². The second-order valence-corrected chi connectivity index (χ2v) is 6.36. The normalized spacial score (nSPS) is 26.2. The molecule has 2 fully saturated rings. The maximum absolute atomic E-state index is 10.1. The van der Waals surface area contributed by atoms with E-state index in [1.54, 1.807) is 18.7 Å². The monoisotopic (exact) mass is 236 g/mol. The summed E-state index contributed by atoms with van der Waals surface area (Å²) in [5.41, 5.74) is 5.19. The molecule has 2 aliphatic heterocycles. The molecule has 0 unspecified atom stereocenters. The second-order valence-electron chi connectivity index (χ2n) is 4.39. The Morgan fingerprint density at radius 1 is 1.21 bits per heavy atom. The fourth-order valence-corrected chi connectivity index (χ4v) is 2.78. The van der Waals surface area contributed by atoms with Crippen molar-refractivity contribution in [3.05, 3.63) is 10.1 Å². The van der Waals surface area contributed by atoms with E-state index in [1.165, 1.54) is 0 Å². The highest BCUT2D eigenvalue weighted by atomic mass is 32.2. The average Bonchev–Trinajstić information content (AvgIpc) is 1.98. The highest BCUT2D eigenvalue weighted by Crippen LogP contribution is 2.31. The summed E-state index contributed by atoms with van der Waals surface area (Å²) in [6.45, 7) is 3.77. The molecule has 82 valence electrons. The third kappa shape index (κ3) is 3.03. The fraction of sp³-hybridized carbons (Fsp3) is 1.00. The number of nitrogens with two attached hydrogens (primary N) is 1.